The summed E-state index contributed by atoms with van der Waals surface area (Å²) < 4.78 is 28.6. The Bertz CT molecular complexity index is 1390. The molecule has 0 atom stereocenters. The van der Waals surface area contributed by atoms with E-state index < -0.39 is 10.0 Å². The number of fused-ring (bicyclic) bond motifs is 2. The van der Waals surface area contributed by atoms with E-state index in [-0.39, 0.29) is 16.6 Å². The molecule has 4 aromatic rings. The molecule has 158 valence electrons. The van der Waals surface area contributed by atoms with Crippen molar-refractivity contribution in [1.29, 1.82) is 0 Å². The van der Waals surface area contributed by atoms with Crippen molar-refractivity contribution in [3.8, 4) is 0 Å². The number of carbonyl (C=O) groups excluding carboxylic acids is 1. The maximum Gasteiger partial charge on any atom is 0.270 e. The molecule has 0 spiro atoms. The molecule has 1 saturated heterocycles. The number of amides is 1. The van der Waals surface area contributed by atoms with E-state index in [2.05, 4.69) is 4.98 Å². The monoisotopic (exact) mass is 451 g/mol. The highest BCUT2D eigenvalue weighted by Gasteiger charge is 2.26. The van der Waals surface area contributed by atoms with Crippen LogP contribution in [0.5, 0.6) is 0 Å². The van der Waals surface area contributed by atoms with Gasteiger partial charge in [0.15, 0.2) is 5.16 Å². The van der Waals surface area contributed by atoms with E-state index in [0.717, 1.165) is 36.7 Å². The Balaban J connectivity index is 1.56. The number of aromatic nitrogens is 2. The van der Waals surface area contributed by atoms with E-state index in [1.807, 2.05) is 41.3 Å². The topological polar surface area (TPSA) is 72.3 Å². The SMILES string of the molecule is O=C(CSc1nc2ccccc2n1S(=O)(=O)c1ccc2ccccc2c1)N1CCCC1. The summed E-state index contributed by atoms with van der Waals surface area (Å²) in [4.78, 5) is 19.1. The molecule has 0 aliphatic carbocycles. The molecular formula is C23H21N3O3S2. The highest BCUT2D eigenvalue weighted by atomic mass is 32.2. The molecule has 0 N–H and O–H groups in total. The highest BCUT2D eigenvalue weighted by molar-refractivity contribution is 8.00. The van der Waals surface area contributed by atoms with Crippen molar-refractivity contribution in [2.75, 3.05) is 18.8 Å². The predicted molar refractivity (Wildman–Crippen MR) is 123 cm³/mol. The first-order valence-corrected chi connectivity index (χ1v) is 12.6. The van der Waals surface area contributed by atoms with Gasteiger partial charge in [0.1, 0.15) is 0 Å². The Morgan fingerprint density at radius 2 is 1.65 bits per heavy atom. The number of carbonyl (C=O) groups is 1. The van der Waals surface area contributed by atoms with Gasteiger partial charge in [-0.05, 0) is 47.9 Å². The summed E-state index contributed by atoms with van der Waals surface area (Å²) in [6.45, 7) is 1.54. The molecule has 0 radical (unpaired) electrons. The van der Waals surface area contributed by atoms with Crippen LogP contribution in [0.2, 0.25) is 0 Å². The summed E-state index contributed by atoms with van der Waals surface area (Å²) >= 11 is 1.17. The molecule has 3 aromatic carbocycles. The molecule has 0 saturated carbocycles. The minimum atomic E-state index is -3.90. The average Bonchev–Trinajstić information content (AvgIpc) is 3.45. The maximum absolute atomic E-state index is 13.7. The molecule has 6 nitrogen and oxygen atoms in total. The van der Waals surface area contributed by atoms with Crippen LogP contribution in [-0.4, -0.2) is 47.0 Å². The first kappa shape index (κ1) is 20.1. The number of para-hydroxylation sites is 2. The number of thioether (sulfide) groups is 1. The molecule has 8 heteroatoms. The Labute approximate surface area is 184 Å². The molecule has 1 aliphatic rings. The largest absolute Gasteiger partial charge is 0.342 e. The maximum atomic E-state index is 13.7. The first-order valence-electron chi connectivity index (χ1n) is 10.2. The lowest BCUT2D eigenvalue weighted by Crippen LogP contribution is -2.29. The summed E-state index contributed by atoms with van der Waals surface area (Å²) in [6, 6.07) is 19.9. The van der Waals surface area contributed by atoms with Crippen LogP contribution < -0.4 is 0 Å². The van der Waals surface area contributed by atoms with Gasteiger partial charge in [-0.2, -0.15) is 0 Å². The fraction of sp³-hybridized carbons (Fsp3) is 0.217. The molecule has 1 aromatic heterocycles. The van der Waals surface area contributed by atoms with Gasteiger partial charge in [-0.15, -0.1) is 0 Å². The fourth-order valence-electron chi connectivity index (χ4n) is 3.92. The van der Waals surface area contributed by atoms with Crippen molar-refractivity contribution >= 4 is 49.5 Å². The zero-order chi connectivity index (χ0) is 21.4. The number of likely N-dealkylation sites (tertiary alicyclic amines) is 1. The third-order valence-corrected chi connectivity index (χ3v) is 8.27. The van der Waals surface area contributed by atoms with Gasteiger partial charge in [0, 0.05) is 13.1 Å². The molecule has 0 bridgehead atoms. The van der Waals surface area contributed by atoms with Crippen molar-refractivity contribution in [2.24, 2.45) is 0 Å². The van der Waals surface area contributed by atoms with Crippen LogP contribution in [0.1, 0.15) is 12.8 Å². The molecule has 2 heterocycles. The first-order chi connectivity index (χ1) is 15.0. The van der Waals surface area contributed by atoms with Crippen LogP contribution in [0.25, 0.3) is 21.8 Å². The second kappa shape index (κ2) is 8.01. The summed E-state index contributed by atoms with van der Waals surface area (Å²) in [5.74, 6) is 0.181. The van der Waals surface area contributed by atoms with Gasteiger partial charge in [-0.1, -0.05) is 54.2 Å². The van der Waals surface area contributed by atoms with Crippen LogP contribution in [0.3, 0.4) is 0 Å². The van der Waals surface area contributed by atoms with E-state index >= 15 is 0 Å². The standard InChI is InChI=1S/C23H21N3O3S2/c27-22(25-13-5-6-14-25)16-30-23-24-20-9-3-4-10-21(20)26(23)31(28,29)19-12-11-17-7-1-2-8-18(17)15-19/h1-4,7-12,15H,5-6,13-14,16H2. The molecular weight excluding hydrogens is 430 g/mol. The quantitative estimate of drug-likeness (QED) is 0.427. The second-order valence-corrected chi connectivity index (χ2v) is 10.3. The Hall–Kier alpha value is -2.84. The lowest BCUT2D eigenvalue weighted by atomic mass is 10.1. The van der Waals surface area contributed by atoms with Crippen molar-refractivity contribution in [2.45, 2.75) is 22.9 Å². The molecule has 5 rings (SSSR count). The van der Waals surface area contributed by atoms with E-state index in [1.165, 1.54) is 15.7 Å². The second-order valence-electron chi connectivity index (χ2n) is 7.54. The average molecular weight is 452 g/mol. The third-order valence-electron chi connectivity index (χ3n) is 5.53. The van der Waals surface area contributed by atoms with Gasteiger partial charge in [0.2, 0.25) is 5.91 Å². The van der Waals surface area contributed by atoms with Gasteiger partial charge in [0.05, 0.1) is 21.7 Å². The Morgan fingerprint density at radius 3 is 2.45 bits per heavy atom. The smallest absolute Gasteiger partial charge is 0.270 e. The van der Waals surface area contributed by atoms with E-state index in [9.17, 15) is 13.2 Å². The zero-order valence-corrected chi connectivity index (χ0v) is 18.4. The van der Waals surface area contributed by atoms with Crippen molar-refractivity contribution in [3.05, 3.63) is 66.7 Å². The van der Waals surface area contributed by atoms with Crippen LogP contribution in [0.4, 0.5) is 0 Å². The Kier molecular flexibility index (Phi) is 5.19. The van der Waals surface area contributed by atoms with Crippen molar-refractivity contribution in [3.63, 3.8) is 0 Å². The van der Waals surface area contributed by atoms with Gasteiger partial charge < -0.3 is 4.90 Å². The van der Waals surface area contributed by atoms with E-state index in [0.29, 0.717) is 16.2 Å². The molecule has 1 aliphatic heterocycles. The summed E-state index contributed by atoms with van der Waals surface area (Å²) in [6.07, 6.45) is 2.04. The zero-order valence-electron chi connectivity index (χ0n) is 16.8. The van der Waals surface area contributed by atoms with Gasteiger partial charge in [0.25, 0.3) is 10.0 Å². The van der Waals surface area contributed by atoms with Gasteiger partial charge in [-0.3, -0.25) is 4.79 Å². The van der Waals surface area contributed by atoms with E-state index in [4.69, 9.17) is 0 Å². The van der Waals surface area contributed by atoms with E-state index in [1.54, 1.807) is 30.3 Å². The van der Waals surface area contributed by atoms with Crippen LogP contribution in [0.15, 0.2) is 76.8 Å². The number of hydrogen-bond acceptors (Lipinski definition) is 5. The van der Waals surface area contributed by atoms with Crippen LogP contribution >= 0.6 is 11.8 Å². The molecule has 31 heavy (non-hydrogen) atoms. The summed E-state index contributed by atoms with van der Waals surface area (Å²) in [5.41, 5.74) is 1.09. The number of benzene rings is 3. The lowest BCUT2D eigenvalue weighted by Gasteiger charge is -2.15. The minimum Gasteiger partial charge on any atom is -0.342 e. The number of imidazole rings is 1. The van der Waals surface area contributed by atoms with Crippen molar-refractivity contribution < 1.29 is 13.2 Å². The number of nitrogens with zero attached hydrogens (tertiary/aromatic N) is 3. The van der Waals surface area contributed by atoms with Crippen LogP contribution in [-0.2, 0) is 14.8 Å². The lowest BCUT2D eigenvalue weighted by molar-refractivity contribution is -0.127. The molecule has 0 unspecified atom stereocenters. The number of rotatable bonds is 5. The normalized spacial score (nSPS) is 14.5. The van der Waals surface area contributed by atoms with Gasteiger partial charge in [-0.25, -0.2) is 17.4 Å². The summed E-state index contributed by atoms with van der Waals surface area (Å²) in [5, 5.41) is 2.14. The highest BCUT2D eigenvalue weighted by Crippen LogP contribution is 2.30. The fourth-order valence-corrected chi connectivity index (χ4v) is 6.58. The number of hydrogen-bond donors (Lipinski definition) is 0. The third kappa shape index (κ3) is 3.70. The predicted octanol–water partition coefficient (Wildman–Crippen LogP) is 4.14. The minimum absolute atomic E-state index is 0.0178. The molecule has 1 amide bonds. The van der Waals surface area contributed by atoms with Crippen molar-refractivity contribution in [1.82, 2.24) is 13.9 Å². The Morgan fingerprint density at radius 1 is 0.935 bits per heavy atom. The molecule has 1 fully saturated rings. The van der Waals surface area contributed by atoms with Gasteiger partial charge >= 0.3 is 0 Å². The summed E-state index contributed by atoms with van der Waals surface area (Å²) in [7, 11) is -3.90. The van der Waals surface area contributed by atoms with Crippen LogP contribution in [0, 0.1) is 0 Å².